The predicted molar refractivity (Wildman–Crippen MR) is 73.9 cm³/mol. The maximum atomic E-state index is 14.0. The Labute approximate surface area is 117 Å². The van der Waals surface area contributed by atoms with E-state index in [-0.39, 0.29) is 5.82 Å². The molecule has 0 saturated carbocycles. The fourth-order valence-corrected chi connectivity index (χ4v) is 2.62. The number of nitrogens with zero attached hydrogens (tertiary/aromatic N) is 4. The van der Waals surface area contributed by atoms with E-state index >= 15 is 0 Å². The van der Waals surface area contributed by atoms with Crippen molar-refractivity contribution in [2.24, 2.45) is 5.92 Å². The van der Waals surface area contributed by atoms with Crippen LogP contribution in [-0.4, -0.2) is 26.1 Å². The summed E-state index contributed by atoms with van der Waals surface area (Å²) < 4.78 is 16.2. The molecule has 0 unspecified atom stereocenters. The molecule has 1 aliphatic heterocycles. The maximum absolute atomic E-state index is 14.0. The zero-order valence-electron chi connectivity index (χ0n) is 11.5. The maximum Gasteiger partial charge on any atom is 0.186 e. The molecule has 106 valence electrons. The van der Waals surface area contributed by atoms with Crippen molar-refractivity contribution < 1.29 is 4.39 Å². The fourth-order valence-electron chi connectivity index (χ4n) is 2.62. The van der Waals surface area contributed by atoms with E-state index in [4.69, 9.17) is 0 Å². The highest BCUT2D eigenvalue weighted by atomic mass is 19.1. The normalized spacial score (nSPS) is 17.8. The molecule has 0 bridgehead atoms. The second kappa shape index (κ2) is 5.56. The predicted octanol–water partition coefficient (Wildman–Crippen LogP) is 2.05. The number of hydrogen-bond acceptors (Lipinski definition) is 4. The number of fused-ring (bicyclic) bond motifs is 1. The van der Waals surface area contributed by atoms with Crippen molar-refractivity contribution in [2.75, 3.05) is 11.9 Å². The summed E-state index contributed by atoms with van der Waals surface area (Å²) in [6, 6.07) is 0. The van der Waals surface area contributed by atoms with Gasteiger partial charge in [0, 0.05) is 31.9 Å². The SMILES string of the molecule is CCc1ncnc(NC[C@H]2CCc3nccn3C2)c1F. The number of anilines is 1. The van der Waals surface area contributed by atoms with Gasteiger partial charge in [-0.3, -0.25) is 0 Å². The number of hydrogen-bond donors (Lipinski definition) is 1. The molecule has 0 radical (unpaired) electrons. The zero-order chi connectivity index (χ0) is 13.9. The van der Waals surface area contributed by atoms with Crippen molar-refractivity contribution >= 4 is 5.82 Å². The van der Waals surface area contributed by atoms with Crippen molar-refractivity contribution in [1.82, 2.24) is 19.5 Å². The molecule has 1 N–H and O–H groups in total. The molecule has 2 aromatic heterocycles. The largest absolute Gasteiger partial charge is 0.367 e. The molecule has 0 aromatic carbocycles. The Kier molecular flexibility index (Phi) is 3.62. The van der Waals surface area contributed by atoms with Crippen LogP contribution in [0, 0.1) is 11.7 Å². The van der Waals surface area contributed by atoms with E-state index in [1.165, 1.54) is 6.33 Å². The summed E-state index contributed by atoms with van der Waals surface area (Å²) in [5, 5.41) is 3.12. The molecule has 3 heterocycles. The second-order valence-corrected chi connectivity index (χ2v) is 5.12. The van der Waals surface area contributed by atoms with Crippen LogP contribution in [0.3, 0.4) is 0 Å². The first-order valence-electron chi connectivity index (χ1n) is 7.01. The van der Waals surface area contributed by atoms with Gasteiger partial charge in [0.25, 0.3) is 0 Å². The van der Waals surface area contributed by atoms with Crippen LogP contribution in [0.4, 0.5) is 10.2 Å². The molecule has 6 heteroatoms. The fraction of sp³-hybridized carbons (Fsp3) is 0.500. The Morgan fingerprint density at radius 2 is 2.30 bits per heavy atom. The lowest BCUT2D eigenvalue weighted by Gasteiger charge is -2.24. The Morgan fingerprint density at radius 3 is 3.15 bits per heavy atom. The van der Waals surface area contributed by atoms with Gasteiger partial charge >= 0.3 is 0 Å². The first-order valence-corrected chi connectivity index (χ1v) is 7.01. The standard InChI is InChI=1S/C14H18FN5/c1-2-11-13(15)14(19-9-18-11)17-7-10-3-4-12-16-5-6-20(12)8-10/h5-6,9-10H,2-4,7-8H2,1H3,(H,17,18,19)/t10-/m1/s1. The van der Waals surface area contributed by atoms with Gasteiger partial charge in [-0.1, -0.05) is 6.92 Å². The van der Waals surface area contributed by atoms with Gasteiger partial charge in [-0.15, -0.1) is 0 Å². The Morgan fingerprint density at radius 1 is 1.40 bits per heavy atom. The first kappa shape index (κ1) is 13.0. The third kappa shape index (κ3) is 2.50. The lowest BCUT2D eigenvalue weighted by Crippen LogP contribution is -2.26. The average molecular weight is 275 g/mol. The molecule has 1 aliphatic rings. The van der Waals surface area contributed by atoms with E-state index in [0.717, 1.165) is 25.2 Å². The molecule has 20 heavy (non-hydrogen) atoms. The molecular formula is C14H18FN5. The highest BCUT2D eigenvalue weighted by Crippen LogP contribution is 2.20. The number of aromatic nitrogens is 4. The van der Waals surface area contributed by atoms with Gasteiger partial charge in [0.2, 0.25) is 0 Å². The van der Waals surface area contributed by atoms with Gasteiger partial charge in [0.15, 0.2) is 11.6 Å². The summed E-state index contributed by atoms with van der Waals surface area (Å²) in [7, 11) is 0. The molecular weight excluding hydrogens is 257 g/mol. The van der Waals surface area contributed by atoms with Crippen LogP contribution in [0.5, 0.6) is 0 Å². The molecule has 2 aromatic rings. The molecule has 0 spiro atoms. The van der Waals surface area contributed by atoms with Crippen LogP contribution in [0.2, 0.25) is 0 Å². The Bertz CT molecular complexity index is 595. The minimum absolute atomic E-state index is 0.313. The second-order valence-electron chi connectivity index (χ2n) is 5.12. The highest BCUT2D eigenvalue weighted by Gasteiger charge is 2.19. The highest BCUT2D eigenvalue weighted by molar-refractivity contribution is 5.37. The lowest BCUT2D eigenvalue weighted by molar-refractivity contribution is 0.380. The number of rotatable bonds is 4. The van der Waals surface area contributed by atoms with Gasteiger partial charge in [-0.2, -0.15) is 0 Å². The van der Waals surface area contributed by atoms with Crippen LogP contribution >= 0.6 is 0 Å². The summed E-state index contributed by atoms with van der Waals surface area (Å²) in [6.07, 6.45) is 7.87. The van der Waals surface area contributed by atoms with Crippen molar-refractivity contribution in [1.29, 1.82) is 0 Å². The third-order valence-corrected chi connectivity index (χ3v) is 3.79. The first-order chi connectivity index (χ1) is 9.78. The average Bonchev–Trinajstić information content (AvgIpc) is 2.93. The van der Waals surface area contributed by atoms with E-state index in [9.17, 15) is 4.39 Å². The molecule has 5 nitrogen and oxygen atoms in total. The van der Waals surface area contributed by atoms with Crippen LogP contribution in [0.25, 0.3) is 0 Å². The number of nitrogens with one attached hydrogen (secondary N) is 1. The summed E-state index contributed by atoms with van der Waals surface area (Å²) in [4.78, 5) is 12.2. The van der Waals surface area contributed by atoms with Crippen LogP contribution in [-0.2, 0) is 19.4 Å². The summed E-state index contributed by atoms with van der Waals surface area (Å²) in [5.74, 6) is 1.60. The van der Waals surface area contributed by atoms with Crippen molar-refractivity contribution in [3.8, 4) is 0 Å². The summed E-state index contributed by atoms with van der Waals surface area (Å²) in [5.41, 5.74) is 0.461. The Hall–Kier alpha value is -1.98. The van der Waals surface area contributed by atoms with E-state index in [2.05, 4.69) is 24.8 Å². The van der Waals surface area contributed by atoms with Crippen LogP contribution in [0.15, 0.2) is 18.7 Å². The van der Waals surface area contributed by atoms with Crippen molar-refractivity contribution in [3.63, 3.8) is 0 Å². The van der Waals surface area contributed by atoms with Crippen molar-refractivity contribution in [2.45, 2.75) is 32.7 Å². The van der Waals surface area contributed by atoms with Gasteiger partial charge in [0.05, 0.1) is 5.69 Å². The summed E-state index contributed by atoms with van der Waals surface area (Å²) >= 11 is 0. The van der Waals surface area contributed by atoms with Crippen LogP contribution < -0.4 is 5.32 Å². The molecule has 1 atom stereocenters. The van der Waals surface area contributed by atoms with E-state index < -0.39 is 0 Å². The van der Waals surface area contributed by atoms with Crippen LogP contribution in [0.1, 0.15) is 24.9 Å². The molecule has 0 fully saturated rings. The lowest BCUT2D eigenvalue weighted by atomic mass is 9.99. The summed E-state index contributed by atoms with van der Waals surface area (Å²) in [6.45, 7) is 3.53. The quantitative estimate of drug-likeness (QED) is 0.928. The Balaban J connectivity index is 1.63. The minimum atomic E-state index is -0.325. The minimum Gasteiger partial charge on any atom is -0.367 e. The van der Waals surface area contributed by atoms with E-state index in [0.29, 0.717) is 30.4 Å². The topological polar surface area (TPSA) is 55.6 Å². The number of imidazole rings is 1. The molecule has 0 amide bonds. The molecule has 0 saturated heterocycles. The van der Waals surface area contributed by atoms with Crippen molar-refractivity contribution in [3.05, 3.63) is 36.1 Å². The third-order valence-electron chi connectivity index (χ3n) is 3.79. The smallest absolute Gasteiger partial charge is 0.186 e. The monoisotopic (exact) mass is 275 g/mol. The van der Waals surface area contributed by atoms with E-state index in [1.54, 1.807) is 0 Å². The van der Waals surface area contributed by atoms with Gasteiger partial charge in [-0.25, -0.2) is 19.3 Å². The molecule has 3 rings (SSSR count). The van der Waals surface area contributed by atoms with Gasteiger partial charge in [0.1, 0.15) is 12.2 Å². The zero-order valence-corrected chi connectivity index (χ0v) is 11.5. The number of halogens is 1. The van der Waals surface area contributed by atoms with Gasteiger partial charge < -0.3 is 9.88 Å². The molecule has 0 aliphatic carbocycles. The van der Waals surface area contributed by atoms with E-state index in [1.807, 2.05) is 19.3 Å². The number of aryl methyl sites for hydroxylation is 2. The van der Waals surface area contributed by atoms with Gasteiger partial charge in [-0.05, 0) is 18.8 Å².